The van der Waals surface area contributed by atoms with Crippen LogP contribution in [0.3, 0.4) is 0 Å². The van der Waals surface area contributed by atoms with Crippen molar-refractivity contribution < 1.29 is 4.92 Å². The van der Waals surface area contributed by atoms with E-state index in [4.69, 9.17) is 0 Å². The molecule has 0 radical (unpaired) electrons. The van der Waals surface area contributed by atoms with E-state index in [-0.39, 0.29) is 19.5 Å². The van der Waals surface area contributed by atoms with E-state index in [1.165, 1.54) is 0 Å². The maximum atomic E-state index is 11.1. The van der Waals surface area contributed by atoms with Gasteiger partial charge in [0.2, 0.25) is 6.04 Å². The molecule has 0 amide bonds. The number of hydrogen-bond donors (Lipinski definition) is 0. The summed E-state index contributed by atoms with van der Waals surface area (Å²) in [7, 11) is 0. The molecular weight excluding hydrogens is 338 g/mol. The van der Waals surface area contributed by atoms with Crippen LogP contribution in [0.4, 0.5) is 0 Å². The number of halogens is 2. The van der Waals surface area contributed by atoms with E-state index < -0.39 is 6.04 Å². The Kier molecular flexibility index (Phi) is 4.11. The quantitative estimate of drug-likeness (QED) is 0.426. The minimum Gasteiger partial charge on any atom is -0.264 e. The average Bonchev–Trinajstić information content (AvgIpc) is 2.08. The van der Waals surface area contributed by atoms with E-state index in [1.54, 1.807) is 0 Å². The highest BCUT2D eigenvalue weighted by atomic mass is 79.9. The fraction of sp³-hybridized carbons (Fsp3) is 1.00. The summed E-state index contributed by atoms with van der Waals surface area (Å²) < 4.78 is -0.301. The Balaban J connectivity index is 3.00. The van der Waals surface area contributed by atoms with Crippen LogP contribution in [-0.4, -0.2) is 19.6 Å². The van der Waals surface area contributed by atoms with Gasteiger partial charge in [-0.3, -0.25) is 10.1 Å². The van der Waals surface area contributed by atoms with Gasteiger partial charge in [-0.15, -0.1) is 0 Å². The van der Waals surface area contributed by atoms with Crippen molar-refractivity contribution in [3.8, 4) is 0 Å². The van der Waals surface area contributed by atoms with Gasteiger partial charge < -0.3 is 0 Å². The lowest BCUT2D eigenvalue weighted by Crippen LogP contribution is -2.54. The van der Waals surface area contributed by atoms with Crippen molar-refractivity contribution in [1.82, 2.24) is 0 Å². The Morgan fingerprint density at radius 1 is 1.25 bits per heavy atom. The molecule has 0 N–H and O–H groups in total. The normalized spacial score (nSPS) is 44.7. The average molecular weight is 357 g/mol. The Labute approximate surface area is 114 Å². The SMILES string of the molecule is CC(C)C1CC(C)(Br)C(C)(Br)CC1[N+](=O)[O-]. The van der Waals surface area contributed by atoms with E-state index in [1.807, 2.05) is 6.92 Å². The molecule has 4 unspecified atom stereocenters. The molecule has 0 aliphatic heterocycles. The van der Waals surface area contributed by atoms with Gasteiger partial charge in [-0.05, 0) is 26.2 Å². The third-order valence-electron chi connectivity index (χ3n) is 3.92. The fourth-order valence-corrected chi connectivity index (χ4v) is 3.49. The van der Waals surface area contributed by atoms with E-state index in [2.05, 4.69) is 52.6 Å². The third-order valence-corrected chi connectivity index (χ3v) is 6.85. The summed E-state index contributed by atoms with van der Waals surface area (Å²) in [6.45, 7) is 8.30. The molecule has 1 aliphatic carbocycles. The van der Waals surface area contributed by atoms with Crippen molar-refractivity contribution in [3.05, 3.63) is 10.1 Å². The van der Waals surface area contributed by atoms with Crippen LogP contribution in [0.25, 0.3) is 0 Å². The summed E-state index contributed by atoms with van der Waals surface area (Å²) in [6.07, 6.45) is 1.41. The predicted octanol–water partition coefficient (Wildman–Crippen LogP) is 4.00. The van der Waals surface area contributed by atoms with Gasteiger partial charge in [0.25, 0.3) is 0 Å². The lowest BCUT2D eigenvalue weighted by Gasteiger charge is -2.47. The number of rotatable bonds is 2. The molecule has 1 aliphatic rings. The lowest BCUT2D eigenvalue weighted by atomic mass is 9.69. The minimum atomic E-state index is -0.435. The summed E-state index contributed by atoms with van der Waals surface area (Å²) >= 11 is 7.38. The predicted molar refractivity (Wildman–Crippen MR) is 73.0 cm³/mol. The first-order valence-electron chi connectivity index (χ1n) is 5.60. The fourth-order valence-electron chi connectivity index (χ4n) is 2.46. The van der Waals surface area contributed by atoms with Gasteiger partial charge in [-0.2, -0.15) is 0 Å². The minimum absolute atomic E-state index is 0.0819. The largest absolute Gasteiger partial charge is 0.264 e. The molecule has 4 atom stereocenters. The maximum absolute atomic E-state index is 11.1. The van der Waals surface area contributed by atoms with E-state index in [0.29, 0.717) is 12.3 Å². The second kappa shape index (κ2) is 4.56. The summed E-state index contributed by atoms with van der Waals surface area (Å²) in [6, 6.07) is -0.435. The third kappa shape index (κ3) is 2.61. The van der Waals surface area contributed by atoms with Crippen molar-refractivity contribution in [1.29, 1.82) is 0 Å². The van der Waals surface area contributed by atoms with Gasteiger partial charge in [0.05, 0.1) is 0 Å². The highest BCUT2D eigenvalue weighted by Crippen LogP contribution is 2.52. The van der Waals surface area contributed by atoms with Crippen LogP contribution in [0, 0.1) is 22.0 Å². The zero-order valence-electron chi connectivity index (χ0n) is 10.2. The summed E-state index contributed by atoms with van der Waals surface area (Å²) in [5, 5.41) is 11.1. The van der Waals surface area contributed by atoms with Crippen LogP contribution in [0.5, 0.6) is 0 Å². The first-order chi connectivity index (χ1) is 7.08. The van der Waals surface area contributed by atoms with Gasteiger partial charge in [0, 0.05) is 25.9 Å². The highest BCUT2D eigenvalue weighted by Gasteiger charge is 2.54. The molecule has 0 bridgehead atoms. The first-order valence-corrected chi connectivity index (χ1v) is 7.18. The molecule has 0 saturated heterocycles. The standard InChI is InChI=1S/C11H19Br2NO2/c1-7(2)8-5-10(3,12)11(4,13)6-9(8)14(15)16/h7-9H,5-6H2,1-4H3. The molecule has 16 heavy (non-hydrogen) atoms. The van der Waals surface area contributed by atoms with Crippen molar-refractivity contribution in [3.63, 3.8) is 0 Å². The monoisotopic (exact) mass is 355 g/mol. The molecule has 94 valence electrons. The number of hydrogen-bond acceptors (Lipinski definition) is 2. The molecule has 0 heterocycles. The van der Waals surface area contributed by atoms with E-state index in [9.17, 15) is 10.1 Å². The zero-order valence-corrected chi connectivity index (χ0v) is 13.3. The van der Waals surface area contributed by atoms with Crippen LogP contribution in [-0.2, 0) is 0 Å². The summed E-state index contributed by atoms with van der Waals surface area (Å²) in [4.78, 5) is 11.0. The number of alkyl halides is 2. The van der Waals surface area contributed by atoms with Crippen LogP contribution < -0.4 is 0 Å². The molecule has 0 spiro atoms. The smallest absolute Gasteiger partial charge is 0.217 e. The van der Waals surface area contributed by atoms with Gasteiger partial charge in [0.15, 0.2) is 0 Å². The zero-order chi connectivity index (χ0) is 12.7. The van der Waals surface area contributed by atoms with Crippen LogP contribution >= 0.6 is 31.9 Å². The summed E-state index contributed by atoms with van der Waals surface area (Å²) in [5.41, 5.74) is 0. The Bertz CT molecular complexity index is 290. The first kappa shape index (κ1) is 14.4. The van der Waals surface area contributed by atoms with E-state index >= 15 is 0 Å². The molecule has 0 aromatic carbocycles. The van der Waals surface area contributed by atoms with Gasteiger partial charge in [0.1, 0.15) is 0 Å². The molecule has 1 rings (SSSR count). The van der Waals surface area contributed by atoms with Crippen LogP contribution in [0.1, 0.15) is 40.5 Å². The second-order valence-electron chi connectivity index (χ2n) is 5.56. The lowest BCUT2D eigenvalue weighted by molar-refractivity contribution is -0.538. The van der Waals surface area contributed by atoms with Crippen molar-refractivity contribution in [2.24, 2.45) is 11.8 Å². The molecule has 0 aromatic heterocycles. The van der Waals surface area contributed by atoms with Crippen LogP contribution in [0.15, 0.2) is 0 Å². The number of nitrogens with zero attached hydrogens (tertiary/aromatic N) is 1. The Hall–Kier alpha value is 0.360. The van der Waals surface area contributed by atoms with Crippen molar-refractivity contribution in [2.45, 2.75) is 55.2 Å². The molecule has 1 fully saturated rings. The van der Waals surface area contributed by atoms with Gasteiger partial charge >= 0.3 is 0 Å². The van der Waals surface area contributed by atoms with E-state index in [0.717, 1.165) is 6.42 Å². The maximum Gasteiger partial charge on any atom is 0.217 e. The second-order valence-corrected chi connectivity index (χ2v) is 9.06. The Morgan fingerprint density at radius 2 is 1.69 bits per heavy atom. The molecule has 5 heteroatoms. The Morgan fingerprint density at radius 3 is 2.06 bits per heavy atom. The molecule has 0 aromatic rings. The number of nitro groups is 1. The van der Waals surface area contributed by atoms with Crippen molar-refractivity contribution in [2.75, 3.05) is 0 Å². The highest BCUT2D eigenvalue weighted by molar-refractivity contribution is 9.13. The topological polar surface area (TPSA) is 43.1 Å². The van der Waals surface area contributed by atoms with Gasteiger partial charge in [-0.25, -0.2) is 0 Å². The van der Waals surface area contributed by atoms with Crippen LogP contribution in [0.2, 0.25) is 0 Å². The summed E-state index contributed by atoms with van der Waals surface area (Å²) in [5.74, 6) is 0.487. The van der Waals surface area contributed by atoms with Crippen molar-refractivity contribution >= 4 is 31.9 Å². The molecular formula is C11H19Br2NO2. The molecule has 1 saturated carbocycles. The molecule has 3 nitrogen and oxygen atoms in total. The van der Waals surface area contributed by atoms with Gasteiger partial charge in [-0.1, -0.05) is 45.7 Å².